The molecule has 0 aliphatic carbocycles. The summed E-state index contributed by atoms with van der Waals surface area (Å²) in [5.41, 5.74) is 11.7. The summed E-state index contributed by atoms with van der Waals surface area (Å²) < 4.78 is 0. The molecule has 1 rings (SSSR count). The molecule has 5 N–H and O–H groups in total. The fourth-order valence-electron chi connectivity index (χ4n) is 0.842. The maximum atomic E-state index is 8.70. The minimum atomic E-state index is -0.427. The van der Waals surface area contributed by atoms with Crippen LogP contribution in [0.5, 0.6) is 0 Å². The number of hydrogen-bond donors (Lipinski definition) is 3. The molecule has 0 amide bonds. The van der Waals surface area contributed by atoms with Gasteiger partial charge in [-0.15, -0.1) is 0 Å². The van der Waals surface area contributed by atoms with Crippen molar-refractivity contribution in [3.05, 3.63) is 23.9 Å². The molecule has 11 heavy (non-hydrogen) atoms. The largest absolute Gasteiger partial charge is 0.394 e. The molecule has 0 radical (unpaired) electrons. The number of nitrogens with two attached hydrogens (primary N) is 2. The Kier molecular flexibility index (Phi) is 2.40. The molecule has 4 heteroatoms. The van der Waals surface area contributed by atoms with E-state index in [9.17, 15) is 0 Å². The molecule has 0 saturated carbocycles. The summed E-state index contributed by atoms with van der Waals surface area (Å²) in [6.45, 7) is -0.115. The van der Waals surface area contributed by atoms with E-state index in [4.69, 9.17) is 16.6 Å². The summed E-state index contributed by atoms with van der Waals surface area (Å²) in [7, 11) is 0. The maximum Gasteiger partial charge on any atom is 0.128 e. The van der Waals surface area contributed by atoms with Crippen LogP contribution in [0, 0.1) is 0 Å². The van der Waals surface area contributed by atoms with Crippen molar-refractivity contribution < 1.29 is 5.11 Å². The van der Waals surface area contributed by atoms with E-state index in [1.807, 2.05) is 0 Å². The lowest BCUT2D eigenvalue weighted by Crippen LogP contribution is -2.16. The second kappa shape index (κ2) is 3.32. The summed E-state index contributed by atoms with van der Waals surface area (Å²) in [4.78, 5) is 3.83. The molecule has 0 fully saturated rings. The van der Waals surface area contributed by atoms with E-state index < -0.39 is 6.04 Å². The highest BCUT2D eigenvalue weighted by atomic mass is 16.3. The molecule has 0 aliphatic rings. The van der Waals surface area contributed by atoms with Gasteiger partial charge in [0.1, 0.15) is 5.82 Å². The molecule has 0 aliphatic heterocycles. The van der Waals surface area contributed by atoms with Crippen LogP contribution in [-0.4, -0.2) is 16.7 Å². The van der Waals surface area contributed by atoms with E-state index in [0.717, 1.165) is 0 Å². The molecule has 1 aromatic heterocycles. The van der Waals surface area contributed by atoms with Crippen molar-refractivity contribution in [2.24, 2.45) is 5.73 Å². The van der Waals surface area contributed by atoms with Crippen molar-refractivity contribution in [2.75, 3.05) is 12.3 Å². The van der Waals surface area contributed by atoms with Gasteiger partial charge in [0.05, 0.1) is 12.6 Å². The van der Waals surface area contributed by atoms with Crippen molar-refractivity contribution in [1.82, 2.24) is 4.98 Å². The molecular formula is C7H11N3O. The summed E-state index contributed by atoms with van der Waals surface area (Å²) in [5, 5.41) is 8.70. The molecule has 0 aromatic carbocycles. The minimum absolute atomic E-state index is 0.115. The van der Waals surface area contributed by atoms with Gasteiger partial charge >= 0.3 is 0 Å². The van der Waals surface area contributed by atoms with Crippen LogP contribution >= 0.6 is 0 Å². The molecular weight excluding hydrogens is 142 g/mol. The Morgan fingerprint density at radius 2 is 2.36 bits per heavy atom. The van der Waals surface area contributed by atoms with Crippen molar-refractivity contribution in [3.63, 3.8) is 0 Å². The van der Waals surface area contributed by atoms with Crippen LogP contribution in [-0.2, 0) is 0 Å². The molecule has 1 heterocycles. The van der Waals surface area contributed by atoms with Gasteiger partial charge in [-0.2, -0.15) is 0 Å². The third-order valence-electron chi connectivity index (χ3n) is 1.47. The molecule has 0 bridgehead atoms. The van der Waals surface area contributed by atoms with Crippen LogP contribution in [0.1, 0.15) is 11.6 Å². The van der Waals surface area contributed by atoms with Crippen molar-refractivity contribution in [2.45, 2.75) is 6.04 Å². The number of nitrogen functional groups attached to an aromatic ring is 1. The molecule has 60 valence electrons. The Hall–Kier alpha value is -1.13. The lowest BCUT2D eigenvalue weighted by Gasteiger charge is -2.09. The summed E-state index contributed by atoms with van der Waals surface area (Å²) in [5.74, 6) is 0.383. The second-order valence-electron chi connectivity index (χ2n) is 2.27. The number of aromatic nitrogens is 1. The van der Waals surface area contributed by atoms with Crippen molar-refractivity contribution in [1.29, 1.82) is 0 Å². The fraction of sp³-hybridized carbons (Fsp3) is 0.286. The van der Waals surface area contributed by atoms with Crippen molar-refractivity contribution >= 4 is 5.82 Å². The van der Waals surface area contributed by atoms with Gasteiger partial charge in [0.2, 0.25) is 0 Å². The number of hydrogen-bond acceptors (Lipinski definition) is 4. The Labute approximate surface area is 64.9 Å². The van der Waals surface area contributed by atoms with Gasteiger partial charge in [0, 0.05) is 11.8 Å². The Balaban J connectivity index is 2.93. The zero-order valence-corrected chi connectivity index (χ0v) is 6.07. The quantitative estimate of drug-likeness (QED) is 0.542. The van der Waals surface area contributed by atoms with E-state index in [-0.39, 0.29) is 6.61 Å². The topological polar surface area (TPSA) is 85.2 Å². The molecule has 0 unspecified atom stereocenters. The van der Waals surface area contributed by atoms with Crippen LogP contribution < -0.4 is 11.5 Å². The maximum absolute atomic E-state index is 8.70. The van der Waals surface area contributed by atoms with Gasteiger partial charge in [-0.3, -0.25) is 0 Å². The lowest BCUT2D eigenvalue weighted by molar-refractivity contribution is 0.268. The van der Waals surface area contributed by atoms with Gasteiger partial charge in [-0.25, -0.2) is 4.98 Å². The smallest absolute Gasteiger partial charge is 0.128 e. The normalized spacial score (nSPS) is 12.9. The van der Waals surface area contributed by atoms with Crippen LogP contribution in [0.4, 0.5) is 5.82 Å². The highest BCUT2D eigenvalue weighted by molar-refractivity contribution is 5.40. The standard InChI is InChI=1S/C7H11N3O/c8-6(4-11)5-2-1-3-10-7(5)9/h1-3,6,11H,4,8H2,(H2,9,10)/t6-/m0/s1. The summed E-state index contributed by atoms with van der Waals surface area (Å²) in [6.07, 6.45) is 1.59. The highest BCUT2D eigenvalue weighted by Crippen LogP contribution is 2.14. The average molecular weight is 153 g/mol. The number of nitrogens with zero attached hydrogens (tertiary/aromatic N) is 1. The predicted octanol–water partition coefficient (Wildman–Crippen LogP) is -0.344. The summed E-state index contributed by atoms with van der Waals surface area (Å²) >= 11 is 0. The number of rotatable bonds is 2. The first-order valence-electron chi connectivity index (χ1n) is 3.32. The number of pyridine rings is 1. The molecule has 1 aromatic rings. The average Bonchev–Trinajstić information content (AvgIpc) is 2.04. The Bertz CT molecular complexity index is 239. The molecule has 0 spiro atoms. The van der Waals surface area contributed by atoms with Gasteiger partial charge in [-0.1, -0.05) is 6.07 Å². The third-order valence-corrected chi connectivity index (χ3v) is 1.47. The zero-order chi connectivity index (χ0) is 8.27. The third kappa shape index (κ3) is 1.66. The van der Waals surface area contributed by atoms with E-state index >= 15 is 0 Å². The van der Waals surface area contributed by atoms with E-state index in [2.05, 4.69) is 4.98 Å². The van der Waals surface area contributed by atoms with Crippen LogP contribution in [0.3, 0.4) is 0 Å². The van der Waals surface area contributed by atoms with Crippen LogP contribution in [0.25, 0.3) is 0 Å². The first kappa shape index (κ1) is 7.97. The zero-order valence-electron chi connectivity index (χ0n) is 6.07. The Morgan fingerprint density at radius 1 is 1.64 bits per heavy atom. The monoisotopic (exact) mass is 153 g/mol. The molecule has 4 nitrogen and oxygen atoms in total. The number of anilines is 1. The number of aliphatic hydroxyl groups excluding tert-OH is 1. The van der Waals surface area contributed by atoms with Crippen LogP contribution in [0.15, 0.2) is 18.3 Å². The van der Waals surface area contributed by atoms with Crippen molar-refractivity contribution in [3.8, 4) is 0 Å². The van der Waals surface area contributed by atoms with Gasteiger partial charge in [0.15, 0.2) is 0 Å². The molecule has 1 atom stereocenters. The number of aliphatic hydroxyl groups is 1. The fourth-order valence-corrected chi connectivity index (χ4v) is 0.842. The first-order valence-corrected chi connectivity index (χ1v) is 3.32. The van der Waals surface area contributed by atoms with Crippen LogP contribution in [0.2, 0.25) is 0 Å². The van der Waals surface area contributed by atoms with Gasteiger partial charge < -0.3 is 16.6 Å². The highest BCUT2D eigenvalue weighted by Gasteiger charge is 2.07. The Morgan fingerprint density at radius 3 is 2.91 bits per heavy atom. The summed E-state index contributed by atoms with van der Waals surface area (Å²) in [6, 6.07) is 3.06. The van der Waals surface area contributed by atoms with E-state index in [0.29, 0.717) is 11.4 Å². The SMILES string of the molecule is Nc1ncccc1[C@@H](N)CO. The molecule has 0 saturated heterocycles. The second-order valence-corrected chi connectivity index (χ2v) is 2.27. The predicted molar refractivity (Wildman–Crippen MR) is 42.7 cm³/mol. The lowest BCUT2D eigenvalue weighted by atomic mass is 10.1. The van der Waals surface area contributed by atoms with E-state index in [1.165, 1.54) is 0 Å². The minimum Gasteiger partial charge on any atom is -0.394 e. The van der Waals surface area contributed by atoms with E-state index in [1.54, 1.807) is 18.3 Å². The van der Waals surface area contributed by atoms with Gasteiger partial charge in [-0.05, 0) is 6.07 Å². The van der Waals surface area contributed by atoms with Gasteiger partial charge in [0.25, 0.3) is 0 Å². The first-order chi connectivity index (χ1) is 5.25.